The van der Waals surface area contributed by atoms with E-state index in [4.69, 9.17) is 9.84 Å². The minimum Gasteiger partial charge on any atom is -0.478 e. The molecule has 0 aliphatic rings. The zero-order chi connectivity index (χ0) is 15.0. The van der Waals surface area contributed by atoms with Crippen LogP contribution in [-0.4, -0.2) is 42.1 Å². The lowest BCUT2D eigenvalue weighted by atomic mass is 10.3. The Morgan fingerprint density at radius 3 is 2.90 bits per heavy atom. The van der Waals surface area contributed by atoms with Crippen LogP contribution in [0.5, 0.6) is 0 Å². The van der Waals surface area contributed by atoms with Crippen molar-refractivity contribution in [3.05, 3.63) is 28.0 Å². The third-order valence-electron chi connectivity index (χ3n) is 2.48. The lowest BCUT2D eigenvalue weighted by Gasteiger charge is -2.16. The van der Waals surface area contributed by atoms with E-state index in [9.17, 15) is 9.59 Å². The number of hydrogen-bond donors (Lipinski definition) is 1. The number of carboxylic acids is 1. The average molecular weight is 297 g/mol. The van der Waals surface area contributed by atoms with E-state index >= 15 is 0 Å². The second-order valence-electron chi connectivity index (χ2n) is 4.33. The number of amides is 1. The summed E-state index contributed by atoms with van der Waals surface area (Å²) in [6.45, 7) is 3.17. The molecule has 1 aromatic heterocycles. The molecular formula is C14H19NO4S. The number of aliphatic carboxylic acids is 1. The van der Waals surface area contributed by atoms with Crippen molar-refractivity contribution in [3.63, 3.8) is 0 Å². The summed E-state index contributed by atoms with van der Waals surface area (Å²) in [6.07, 6.45) is 3.53. The zero-order valence-electron chi connectivity index (χ0n) is 11.7. The molecular weight excluding hydrogens is 278 g/mol. The van der Waals surface area contributed by atoms with Gasteiger partial charge >= 0.3 is 5.97 Å². The molecule has 0 saturated heterocycles. The third-order valence-corrected chi connectivity index (χ3v) is 3.43. The van der Waals surface area contributed by atoms with Gasteiger partial charge in [-0.25, -0.2) is 4.79 Å². The maximum Gasteiger partial charge on any atom is 0.328 e. The van der Waals surface area contributed by atoms with Crippen LogP contribution in [0, 0.1) is 0 Å². The highest BCUT2D eigenvalue weighted by molar-refractivity contribution is 7.11. The molecule has 1 N–H and O–H groups in total. The SMILES string of the molecule is CCCOCC(=O)N(C)Cc1csc(/C=C/C(=O)O)c1. The molecule has 6 heteroatoms. The van der Waals surface area contributed by atoms with E-state index in [1.807, 2.05) is 18.4 Å². The summed E-state index contributed by atoms with van der Waals surface area (Å²) in [5, 5.41) is 10.5. The van der Waals surface area contributed by atoms with Crippen molar-refractivity contribution >= 4 is 29.3 Å². The summed E-state index contributed by atoms with van der Waals surface area (Å²) in [6, 6.07) is 1.88. The van der Waals surface area contributed by atoms with Gasteiger partial charge in [0.1, 0.15) is 6.61 Å². The number of nitrogens with zero attached hydrogens (tertiary/aromatic N) is 1. The lowest BCUT2D eigenvalue weighted by Crippen LogP contribution is -2.29. The van der Waals surface area contributed by atoms with Crippen molar-refractivity contribution in [3.8, 4) is 0 Å². The van der Waals surface area contributed by atoms with Gasteiger partial charge in [0.2, 0.25) is 5.91 Å². The molecule has 1 heterocycles. The number of rotatable bonds is 8. The first-order chi connectivity index (χ1) is 9.52. The number of carbonyl (C=O) groups is 2. The Labute approximate surface area is 122 Å². The quantitative estimate of drug-likeness (QED) is 0.590. The van der Waals surface area contributed by atoms with E-state index in [0.717, 1.165) is 22.9 Å². The minimum absolute atomic E-state index is 0.0627. The Morgan fingerprint density at radius 1 is 1.50 bits per heavy atom. The summed E-state index contributed by atoms with van der Waals surface area (Å²) in [5.41, 5.74) is 0.978. The fourth-order valence-electron chi connectivity index (χ4n) is 1.49. The number of ether oxygens (including phenoxy) is 1. The molecule has 0 saturated carbocycles. The molecule has 110 valence electrons. The van der Waals surface area contributed by atoms with Crippen LogP contribution >= 0.6 is 11.3 Å². The molecule has 20 heavy (non-hydrogen) atoms. The normalized spacial score (nSPS) is 10.9. The van der Waals surface area contributed by atoms with Gasteiger partial charge in [-0.3, -0.25) is 4.79 Å². The molecule has 0 aliphatic heterocycles. The predicted octanol–water partition coefficient (Wildman–Crippen LogP) is 2.23. The number of carbonyl (C=O) groups excluding carboxylic acids is 1. The molecule has 5 nitrogen and oxygen atoms in total. The standard InChI is InChI=1S/C14H19NO4S/c1-3-6-19-9-13(16)15(2)8-11-7-12(20-10-11)4-5-14(17)18/h4-5,7,10H,3,6,8-9H2,1-2H3,(H,17,18)/b5-4+. The highest BCUT2D eigenvalue weighted by atomic mass is 32.1. The van der Waals surface area contributed by atoms with Crippen molar-refractivity contribution in [2.24, 2.45) is 0 Å². The number of carboxylic acid groups (broad SMARTS) is 1. The highest BCUT2D eigenvalue weighted by Crippen LogP contribution is 2.17. The van der Waals surface area contributed by atoms with Crippen molar-refractivity contribution in [2.45, 2.75) is 19.9 Å². The maximum atomic E-state index is 11.8. The van der Waals surface area contributed by atoms with Gasteiger partial charge in [0.25, 0.3) is 0 Å². The molecule has 0 atom stereocenters. The molecule has 1 amide bonds. The van der Waals surface area contributed by atoms with Crippen molar-refractivity contribution in [2.75, 3.05) is 20.3 Å². The van der Waals surface area contributed by atoms with Gasteiger partial charge < -0.3 is 14.7 Å². The Morgan fingerprint density at radius 2 is 2.25 bits per heavy atom. The summed E-state index contributed by atoms with van der Waals surface area (Å²) in [7, 11) is 1.72. The second-order valence-corrected chi connectivity index (χ2v) is 5.27. The molecule has 1 aromatic rings. The molecule has 0 bridgehead atoms. The van der Waals surface area contributed by atoms with Crippen LogP contribution in [0.1, 0.15) is 23.8 Å². The fourth-order valence-corrected chi connectivity index (χ4v) is 2.29. The first kappa shape index (κ1) is 16.4. The largest absolute Gasteiger partial charge is 0.478 e. The van der Waals surface area contributed by atoms with Crippen LogP contribution in [0.2, 0.25) is 0 Å². The molecule has 0 spiro atoms. The molecule has 0 aliphatic carbocycles. The van der Waals surface area contributed by atoms with Crippen molar-refractivity contribution in [1.82, 2.24) is 4.90 Å². The molecule has 0 radical (unpaired) electrons. The Hall–Kier alpha value is -1.66. The molecule has 1 rings (SSSR count). The Balaban J connectivity index is 2.47. The topological polar surface area (TPSA) is 66.8 Å². The van der Waals surface area contributed by atoms with Crippen LogP contribution < -0.4 is 0 Å². The van der Waals surface area contributed by atoms with E-state index < -0.39 is 5.97 Å². The van der Waals surface area contributed by atoms with Crippen LogP contribution in [0.4, 0.5) is 0 Å². The van der Waals surface area contributed by atoms with Gasteiger partial charge in [-0.15, -0.1) is 11.3 Å². The monoisotopic (exact) mass is 297 g/mol. The summed E-state index contributed by atoms with van der Waals surface area (Å²) in [4.78, 5) is 24.6. The van der Waals surface area contributed by atoms with Crippen LogP contribution in [0.3, 0.4) is 0 Å². The van der Waals surface area contributed by atoms with Gasteiger partial charge in [-0.05, 0) is 29.5 Å². The van der Waals surface area contributed by atoms with Crippen LogP contribution in [0.25, 0.3) is 6.08 Å². The van der Waals surface area contributed by atoms with E-state index in [1.165, 1.54) is 11.3 Å². The van der Waals surface area contributed by atoms with Crippen LogP contribution in [-0.2, 0) is 20.9 Å². The summed E-state index contributed by atoms with van der Waals surface area (Å²) >= 11 is 1.45. The fraction of sp³-hybridized carbons (Fsp3) is 0.429. The van der Waals surface area contributed by atoms with Crippen molar-refractivity contribution in [1.29, 1.82) is 0 Å². The van der Waals surface area contributed by atoms with E-state index in [2.05, 4.69) is 0 Å². The molecule has 0 aromatic carbocycles. The average Bonchev–Trinajstić information content (AvgIpc) is 2.84. The van der Waals surface area contributed by atoms with E-state index in [0.29, 0.717) is 13.2 Å². The third kappa shape index (κ3) is 5.99. The van der Waals surface area contributed by atoms with Crippen molar-refractivity contribution < 1.29 is 19.4 Å². The highest BCUT2D eigenvalue weighted by Gasteiger charge is 2.10. The lowest BCUT2D eigenvalue weighted by molar-refractivity contribution is -0.135. The van der Waals surface area contributed by atoms with E-state index in [-0.39, 0.29) is 12.5 Å². The number of hydrogen-bond acceptors (Lipinski definition) is 4. The predicted molar refractivity (Wildman–Crippen MR) is 78.6 cm³/mol. The minimum atomic E-state index is -0.972. The maximum absolute atomic E-state index is 11.8. The first-order valence-electron chi connectivity index (χ1n) is 6.33. The molecule has 0 fully saturated rings. The van der Waals surface area contributed by atoms with Gasteiger partial charge in [0.15, 0.2) is 0 Å². The Kier molecular flexibility index (Phi) is 6.97. The zero-order valence-corrected chi connectivity index (χ0v) is 12.5. The summed E-state index contributed by atoms with van der Waals surface area (Å²) < 4.78 is 5.21. The van der Waals surface area contributed by atoms with Crippen LogP contribution in [0.15, 0.2) is 17.5 Å². The first-order valence-corrected chi connectivity index (χ1v) is 7.21. The summed E-state index contributed by atoms with van der Waals surface area (Å²) in [5.74, 6) is -1.03. The smallest absolute Gasteiger partial charge is 0.328 e. The Bertz CT molecular complexity index is 481. The number of likely N-dealkylation sites (N-methyl/N-ethyl adjacent to an activating group) is 1. The number of thiophene rings is 1. The molecule has 0 unspecified atom stereocenters. The second kappa shape index (κ2) is 8.50. The van der Waals surface area contributed by atoms with Gasteiger partial charge in [-0.1, -0.05) is 6.92 Å². The van der Waals surface area contributed by atoms with Gasteiger partial charge in [0, 0.05) is 31.2 Å². The van der Waals surface area contributed by atoms with E-state index in [1.54, 1.807) is 18.0 Å². The van der Waals surface area contributed by atoms with Gasteiger partial charge in [-0.2, -0.15) is 0 Å². The van der Waals surface area contributed by atoms with Gasteiger partial charge in [0.05, 0.1) is 0 Å².